The van der Waals surface area contributed by atoms with E-state index in [-0.39, 0.29) is 35.2 Å². The number of azide groups is 1. The van der Waals surface area contributed by atoms with Gasteiger partial charge in [0.1, 0.15) is 9.66 Å². The van der Waals surface area contributed by atoms with Crippen molar-refractivity contribution in [2.75, 3.05) is 13.1 Å². The van der Waals surface area contributed by atoms with Crippen molar-refractivity contribution in [2.45, 2.75) is 92.2 Å². The summed E-state index contributed by atoms with van der Waals surface area (Å²) in [5.74, 6) is 0.992. The summed E-state index contributed by atoms with van der Waals surface area (Å²) in [4.78, 5) is 46.9. The lowest BCUT2D eigenvalue weighted by Gasteiger charge is -2.34. The summed E-state index contributed by atoms with van der Waals surface area (Å²) < 4.78 is 0.903. The van der Waals surface area contributed by atoms with Gasteiger partial charge in [0.05, 0.1) is 33.9 Å². The fraction of sp³-hybridized carbons (Fsp3) is 0.351. The molecule has 0 bridgehead atoms. The average molecular weight is 1050 g/mol. The third-order valence-electron chi connectivity index (χ3n) is 14.3. The van der Waals surface area contributed by atoms with Crippen LogP contribution in [-0.2, 0) is 25.7 Å². The molecule has 4 atom stereocenters. The van der Waals surface area contributed by atoms with E-state index >= 15 is 0 Å². The van der Waals surface area contributed by atoms with E-state index in [2.05, 4.69) is 126 Å². The van der Waals surface area contributed by atoms with E-state index in [0.717, 1.165) is 90.2 Å². The molecule has 0 aliphatic heterocycles. The van der Waals surface area contributed by atoms with Crippen LogP contribution in [-0.4, -0.2) is 39.9 Å². The van der Waals surface area contributed by atoms with Crippen LogP contribution in [0.25, 0.3) is 52.9 Å². The molecular weight excluding hydrogens is 987 g/mol. The van der Waals surface area contributed by atoms with Crippen molar-refractivity contribution < 1.29 is 9.59 Å². The molecule has 10 rings (SSSR count). The number of aryl methyl sites for hydroxylation is 2. The number of amides is 2. The summed E-state index contributed by atoms with van der Waals surface area (Å²) in [7, 11) is 0. The number of nitrogens with one attached hydrogen (secondary N) is 2. The highest BCUT2D eigenvalue weighted by molar-refractivity contribution is 9.10. The highest BCUT2D eigenvalue weighted by atomic mass is 79.9. The SMILES string of the molecule is CC(C)(C)C1CCc2nc3sc(C(=O)N[C@H](CN)c4cccc(-c5cccc6cccnc56)c4)cc3cc2C1.CC(C)(C)C1CCc2nc3sc(C(=O)N[C@H](CN=[N+]=[N-])c4cccc(Br)c4)cc3cc2C1. The average Bonchev–Trinajstić information content (AvgIpc) is 3.98. The van der Waals surface area contributed by atoms with Crippen LogP contribution in [0.1, 0.15) is 119 Å². The number of pyridine rings is 3. The molecule has 2 amide bonds. The smallest absolute Gasteiger partial charge is 0.261 e. The maximum absolute atomic E-state index is 13.4. The summed E-state index contributed by atoms with van der Waals surface area (Å²) in [6.45, 7) is 14.3. The van der Waals surface area contributed by atoms with Gasteiger partial charge in [-0.15, -0.1) is 22.7 Å². The predicted molar refractivity (Wildman–Crippen MR) is 294 cm³/mol. The number of para-hydroxylation sites is 1. The van der Waals surface area contributed by atoms with Gasteiger partial charge in [-0.3, -0.25) is 14.6 Å². The van der Waals surface area contributed by atoms with Crippen molar-refractivity contribution in [1.82, 2.24) is 25.6 Å². The van der Waals surface area contributed by atoms with Crippen LogP contribution in [0.3, 0.4) is 0 Å². The highest BCUT2D eigenvalue weighted by Crippen LogP contribution is 2.40. The molecule has 364 valence electrons. The summed E-state index contributed by atoms with van der Waals surface area (Å²) >= 11 is 6.33. The minimum absolute atomic E-state index is 0.115. The number of hydrogen-bond acceptors (Lipinski definition) is 9. The van der Waals surface area contributed by atoms with Crippen LogP contribution in [0.5, 0.6) is 0 Å². The van der Waals surface area contributed by atoms with Gasteiger partial charge < -0.3 is 16.4 Å². The molecule has 11 nitrogen and oxygen atoms in total. The van der Waals surface area contributed by atoms with Crippen molar-refractivity contribution >= 4 is 81.8 Å². The summed E-state index contributed by atoms with van der Waals surface area (Å²) in [6, 6.07) is 33.7. The van der Waals surface area contributed by atoms with Gasteiger partial charge in [0.2, 0.25) is 0 Å². The second-order valence-corrected chi connectivity index (χ2v) is 24.0. The first-order valence-electron chi connectivity index (χ1n) is 24.4. The van der Waals surface area contributed by atoms with Gasteiger partial charge in [-0.1, -0.05) is 117 Å². The first kappa shape index (κ1) is 49.9. The summed E-state index contributed by atoms with van der Waals surface area (Å²) in [5, 5.41) is 13.1. The number of benzene rings is 3. The van der Waals surface area contributed by atoms with E-state index in [1.807, 2.05) is 66.9 Å². The second-order valence-electron chi connectivity index (χ2n) is 21.1. The van der Waals surface area contributed by atoms with Gasteiger partial charge >= 0.3 is 0 Å². The number of aromatic nitrogens is 3. The number of carbonyl (C=O) groups is 2. The molecule has 0 saturated carbocycles. The lowest BCUT2D eigenvalue weighted by Crippen LogP contribution is -2.33. The zero-order chi connectivity index (χ0) is 50.0. The fourth-order valence-electron chi connectivity index (χ4n) is 10.0. The van der Waals surface area contributed by atoms with Gasteiger partial charge in [0.25, 0.3) is 11.8 Å². The van der Waals surface area contributed by atoms with Crippen molar-refractivity contribution in [2.24, 2.45) is 33.5 Å². The van der Waals surface area contributed by atoms with Gasteiger partial charge in [0.15, 0.2) is 0 Å². The molecule has 2 aliphatic carbocycles. The number of thiophene rings is 2. The van der Waals surface area contributed by atoms with Crippen molar-refractivity contribution in [3.05, 3.63) is 168 Å². The third kappa shape index (κ3) is 11.4. The van der Waals surface area contributed by atoms with Gasteiger partial charge in [-0.05, 0) is 143 Å². The van der Waals surface area contributed by atoms with Crippen LogP contribution < -0.4 is 16.4 Å². The predicted octanol–water partition coefficient (Wildman–Crippen LogP) is 14.1. The molecule has 3 aromatic carbocycles. The molecule has 14 heteroatoms. The van der Waals surface area contributed by atoms with Gasteiger partial charge in [-0.25, -0.2) is 9.97 Å². The summed E-state index contributed by atoms with van der Waals surface area (Å²) in [6.07, 6.45) is 8.22. The molecule has 8 aromatic rings. The van der Waals surface area contributed by atoms with Crippen LogP contribution >= 0.6 is 38.6 Å². The Morgan fingerprint density at radius 2 is 1.28 bits per heavy atom. The van der Waals surface area contributed by atoms with Crippen LogP contribution in [0.15, 0.2) is 119 Å². The molecule has 0 fully saturated rings. The number of halogens is 1. The first-order valence-corrected chi connectivity index (χ1v) is 26.8. The Balaban J connectivity index is 0.000000180. The minimum Gasteiger partial charge on any atom is -0.344 e. The number of fused-ring (bicyclic) bond motifs is 5. The van der Waals surface area contributed by atoms with Gasteiger partial charge in [0, 0.05) is 55.2 Å². The Morgan fingerprint density at radius 1 is 0.732 bits per heavy atom. The maximum Gasteiger partial charge on any atom is 0.261 e. The van der Waals surface area contributed by atoms with E-state index < -0.39 is 6.04 Å². The molecule has 0 radical (unpaired) electrons. The van der Waals surface area contributed by atoms with E-state index in [1.165, 1.54) is 51.6 Å². The summed E-state index contributed by atoms with van der Waals surface area (Å²) in [5.41, 5.74) is 25.4. The molecular formula is C57H60BrN9O2S2. The number of hydrogen-bond donors (Lipinski definition) is 3. The molecule has 5 heterocycles. The Bertz CT molecular complexity index is 3320. The molecule has 5 aromatic heterocycles. The quantitative estimate of drug-likeness (QED) is 0.0699. The number of nitrogens with two attached hydrogens (primary N) is 1. The largest absolute Gasteiger partial charge is 0.344 e. The minimum atomic E-state index is -0.408. The number of rotatable bonds is 10. The number of carbonyl (C=O) groups excluding carboxylic acids is 2. The van der Waals surface area contributed by atoms with Crippen molar-refractivity contribution in [3.63, 3.8) is 0 Å². The Labute approximate surface area is 431 Å². The molecule has 2 aliphatic rings. The Hall–Kier alpha value is -6.02. The Morgan fingerprint density at radius 3 is 1.85 bits per heavy atom. The molecule has 4 N–H and O–H groups in total. The molecule has 2 unspecified atom stereocenters. The first-order chi connectivity index (χ1) is 34.0. The maximum atomic E-state index is 13.4. The van der Waals surface area contributed by atoms with Crippen LogP contribution in [0, 0.1) is 22.7 Å². The van der Waals surface area contributed by atoms with Crippen LogP contribution in [0.4, 0.5) is 0 Å². The number of nitrogens with zero attached hydrogens (tertiary/aromatic N) is 6. The Kier molecular flexibility index (Phi) is 14.8. The molecule has 71 heavy (non-hydrogen) atoms. The molecule has 0 saturated heterocycles. The van der Waals surface area contributed by atoms with Crippen molar-refractivity contribution in [1.29, 1.82) is 0 Å². The monoisotopic (exact) mass is 1050 g/mol. The fourth-order valence-corrected chi connectivity index (χ4v) is 12.3. The topological polar surface area (TPSA) is 172 Å². The highest BCUT2D eigenvalue weighted by Gasteiger charge is 2.31. The molecule has 0 spiro atoms. The lowest BCUT2D eigenvalue weighted by atomic mass is 9.71. The second kappa shape index (κ2) is 21.0. The lowest BCUT2D eigenvalue weighted by molar-refractivity contribution is 0.0933. The zero-order valence-corrected chi connectivity index (χ0v) is 44.3. The third-order valence-corrected chi connectivity index (χ3v) is 16.9. The van der Waals surface area contributed by atoms with Crippen LogP contribution in [0.2, 0.25) is 0 Å². The zero-order valence-electron chi connectivity index (χ0n) is 41.1. The normalized spacial score (nSPS) is 16.5. The van der Waals surface area contributed by atoms with Gasteiger partial charge in [-0.2, -0.15) is 0 Å². The van der Waals surface area contributed by atoms with E-state index in [1.54, 1.807) is 0 Å². The van der Waals surface area contributed by atoms with Crippen molar-refractivity contribution in [3.8, 4) is 11.1 Å². The van der Waals surface area contributed by atoms with E-state index in [4.69, 9.17) is 21.2 Å². The van der Waals surface area contributed by atoms with E-state index in [0.29, 0.717) is 28.1 Å². The standard InChI is InChI=1S/C33H34N4OS.C24H26BrN5OS/c1-33(2,3)25-12-13-27-23(17-25)16-24-18-29(39-32(24)37-27)31(38)36-28(19-34)22-9-4-8-21(15-22)26-11-5-7-20-10-6-14-35-30(20)26;1-24(2,3)17-7-8-19-15(10-17)9-16-12-21(32-23(16)29-19)22(31)28-20(13-27-30-26)14-5-4-6-18(25)11-14/h4-11,14-16,18,25,28H,12-13,17,19,34H2,1-3H3,(H,36,38);4-6,9,11-12,17,20H,7-8,10,13H2,1-3H3,(H,28,31)/t25?,28-;17?,20-/m11/s1. The van der Waals surface area contributed by atoms with E-state index in [9.17, 15) is 9.59 Å².